The fourth-order valence-corrected chi connectivity index (χ4v) is 4.04. The molecular formula is C24H29FN2O4. The molecule has 166 valence electrons. The minimum atomic E-state index is -0.777. The summed E-state index contributed by atoms with van der Waals surface area (Å²) in [7, 11) is 3.17. The van der Waals surface area contributed by atoms with Gasteiger partial charge in [0, 0.05) is 25.4 Å². The second kappa shape index (κ2) is 9.92. The Hall–Kier alpha value is -2.93. The molecular weight excluding hydrogens is 399 g/mol. The van der Waals surface area contributed by atoms with E-state index in [0.717, 1.165) is 5.56 Å². The first-order chi connectivity index (χ1) is 14.8. The van der Waals surface area contributed by atoms with Crippen LogP contribution >= 0.6 is 0 Å². The van der Waals surface area contributed by atoms with Crippen LogP contribution in [0.2, 0.25) is 0 Å². The summed E-state index contributed by atoms with van der Waals surface area (Å²) in [6.45, 7) is 0.173. The summed E-state index contributed by atoms with van der Waals surface area (Å²) >= 11 is 0. The maximum absolute atomic E-state index is 14.4. The van der Waals surface area contributed by atoms with Gasteiger partial charge >= 0.3 is 0 Å². The molecule has 0 aromatic heterocycles. The predicted molar refractivity (Wildman–Crippen MR) is 115 cm³/mol. The number of aliphatic hydroxyl groups is 1. The molecule has 0 aliphatic carbocycles. The average molecular weight is 429 g/mol. The van der Waals surface area contributed by atoms with Crippen molar-refractivity contribution in [1.82, 2.24) is 10.2 Å². The van der Waals surface area contributed by atoms with Gasteiger partial charge in [-0.3, -0.25) is 9.59 Å². The second-order valence-corrected chi connectivity index (χ2v) is 8.16. The van der Waals surface area contributed by atoms with Crippen molar-refractivity contribution >= 4 is 11.8 Å². The molecule has 1 aliphatic rings. The SMILES string of the molecule is COc1ccc(F)c(CC2(CCC(=O)N(C)CC(O)c3ccccc3)CCC(=O)N2)c1. The van der Waals surface area contributed by atoms with E-state index in [1.165, 1.54) is 18.1 Å². The zero-order valence-electron chi connectivity index (χ0n) is 17.9. The number of amides is 2. The molecule has 0 radical (unpaired) electrons. The van der Waals surface area contributed by atoms with Gasteiger partial charge < -0.3 is 20.1 Å². The number of carbonyl (C=O) groups excluding carboxylic acids is 2. The summed E-state index contributed by atoms with van der Waals surface area (Å²) in [6.07, 6.45) is 0.963. The first-order valence-electron chi connectivity index (χ1n) is 10.4. The number of nitrogens with one attached hydrogen (secondary N) is 1. The molecule has 2 N–H and O–H groups in total. The van der Waals surface area contributed by atoms with Gasteiger partial charge in [-0.1, -0.05) is 30.3 Å². The van der Waals surface area contributed by atoms with E-state index in [-0.39, 0.29) is 37.0 Å². The lowest BCUT2D eigenvalue weighted by atomic mass is 9.84. The highest BCUT2D eigenvalue weighted by Crippen LogP contribution is 2.32. The lowest BCUT2D eigenvalue weighted by molar-refractivity contribution is -0.132. The van der Waals surface area contributed by atoms with Crippen LogP contribution in [0.15, 0.2) is 48.5 Å². The Labute approximate surface area is 182 Å². The molecule has 0 saturated carbocycles. The number of aliphatic hydroxyl groups excluding tert-OH is 1. The Morgan fingerprint density at radius 1 is 1.29 bits per heavy atom. The smallest absolute Gasteiger partial charge is 0.222 e. The van der Waals surface area contributed by atoms with Gasteiger partial charge in [-0.15, -0.1) is 0 Å². The maximum atomic E-state index is 14.4. The Bertz CT molecular complexity index is 921. The molecule has 31 heavy (non-hydrogen) atoms. The Balaban J connectivity index is 1.64. The normalized spacial score (nSPS) is 19.0. The summed E-state index contributed by atoms with van der Waals surface area (Å²) in [6, 6.07) is 13.7. The van der Waals surface area contributed by atoms with Crippen LogP contribution in [0.25, 0.3) is 0 Å². The number of hydrogen-bond acceptors (Lipinski definition) is 4. The highest BCUT2D eigenvalue weighted by molar-refractivity contribution is 5.80. The standard InChI is InChI=1S/C24H29FN2O4/c1-27(16-21(28)17-6-4-3-5-7-17)23(30)11-13-24(12-10-22(29)26-24)15-18-14-19(31-2)8-9-20(18)25/h3-9,14,21,28H,10-13,15-16H2,1-2H3,(H,26,29). The van der Waals surface area contributed by atoms with Crippen molar-refractivity contribution in [2.45, 2.75) is 43.7 Å². The second-order valence-electron chi connectivity index (χ2n) is 8.16. The minimum absolute atomic E-state index is 0.0939. The van der Waals surface area contributed by atoms with E-state index in [4.69, 9.17) is 4.74 Å². The molecule has 1 fully saturated rings. The molecule has 2 unspecified atom stereocenters. The Kier molecular flexibility index (Phi) is 7.28. The number of ether oxygens (including phenoxy) is 1. The van der Waals surface area contributed by atoms with Crippen molar-refractivity contribution < 1.29 is 23.8 Å². The third-order valence-corrected chi connectivity index (χ3v) is 5.89. The third kappa shape index (κ3) is 5.82. The molecule has 3 rings (SSSR count). The molecule has 2 atom stereocenters. The highest BCUT2D eigenvalue weighted by atomic mass is 19.1. The quantitative estimate of drug-likeness (QED) is 0.644. The van der Waals surface area contributed by atoms with Gasteiger partial charge in [0.2, 0.25) is 11.8 Å². The molecule has 7 heteroatoms. The lowest BCUT2D eigenvalue weighted by Crippen LogP contribution is -2.45. The van der Waals surface area contributed by atoms with Crippen LogP contribution < -0.4 is 10.1 Å². The lowest BCUT2D eigenvalue weighted by Gasteiger charge is -2.30. The minimum Gasteiger partial charge on any atom is -0.497 e. The van der Waals surface area contributed by atoms with Gasteiger partial charge in [-0.05, 0) is 48.6 Å². The van der Waals surface area contributed by atoms with Crippen LogP contribution in [0.5, 0.6) is 5.75 Å². The van der Waals surface area contributed by atoms with Crippen molar-refractivity contribution in [2.24, 2.45) is 0 Å². The molecule has 1 saturated heterocycles. The summed E-state index contributed by atoms with van der Waals surface area (Å²) in [5, 5.41) is 13.4. The van der Waals surface area contributed by atoms with E-state index in [1.807, 2.05) is 30.3 Å². The van der Waals surface area contributed by atoms with Crippen molar-refractivity contribution in [3.05, 3.63) is 65.5 Å². The van der Waals surface area contributed by atoms with Gasteiger partial charge in [-0.25, -0.2) is 4.39 Å². The number of carbonyl (C=O) groups is 2. The fraction of sp³-hybridized carbons (Fsp3) is 0.417. The Morgan fingerprint density at radius 2 is 2.03 bits per heavy atom. The molecule has 2 amide bonds. The predicted octanol–water partition coefficient (Wildman–Crippen LogP) is 3.00. The summed E-state index contributed by atoms with van der Waals surface area (Å²) in [5.74, 6) is -0.0532. The molecule has 0 spiro atoms. The number of likely N-dealkylation sites (N-methyl/N-ethyl adjacent to an activating group) is 1. The maximum Gasteiger partial charge on any atom is 0.222 e. The van der Waals surface area contributed by atoms with Crippen LogP contribution in [0.3, 0.4) is 0 Å². The summed E-state index contributed by atoms with van der Waals surface area (Å²) in [5.41, 5.74) is 0.510. The van der Waals surface area contributed by atoms with Gasteiger partial charge in [0.1, 0.15) is 11.6 Å². The van der Waals surface area contributed by atoms with E-state index < -0.39 is 11.6 Å². The molecule has 1 heterocycles. The molecule has 2 aromatic carbocycles. The fourth-order valence-electron chi connectivity index (χ4n) is 4.04. The van der Waals surface area contributed by atoms with Crippen molar-refractivity contribution in [3.63, 3.8) is 0 Å². The van der Waals surface area contributed by atoms with Crippen molar-refractivity contribution in [1.29, 1.82) is 0 Å². The first-order valence-corrected chi connectivity index (χ1v) is 10.4. The number of halogens is 1. The van der Waals surface area contributed by atoms with Crippen LogP contribution in [-0.2, 0) is 16.0 Å². The van der Waals surface area contributed by atoms with Crippen molar-refractivity contribution in [2.75, 3.05) is 20.7 Å². The van der Waals surface area contributed by atoms with Gasteiger partial charge in [0.25, 0.3) is 0 Å². The monoisotopic (exact) mass is 428 g/mol. The van der Waals surface area contributed by atoms with Crippen LogP contribution in [-0.4, -0.2) is 48.1 Å². The van der Waals surface area contributed by atoms with Crippen LogP contribution in [0, 0.1) is 5.82 Å². The van der Waals surface area contributed by atoms with E-state index in [0.29, 0.717) is 30.6 Å². The zero-order valence-corrected chi connectivity index (χ0v) is 17.9. The van der Waals surface area contributed by atoms with Crippen LogP contribution in [0.4, 0.5) is 4.39 Å². The molecule has 1 aliphatic heterocycles. The summed E-state index contributed by atoms with van der Waals surface area (Å²) in [4.78, 5) is 26.2. The molecule has 2 aromatic rings. The van der Waals surface area contributed by atoms with Gasteiger partial charge in [-0.2, -0.15) is 0 Å². The van der Waals surface area contributed by atoms with Crippen molar-refractivity contribution in [3.8, 4) is 5.75 Å². The highest BCUT2D eigenvalue weighted by Gasteiger charge is 2.38. The number of methoxy groups -OCH3 is 1. The van der Waals surface area contributed by atoms with Crippen LogP contribution in [0.1, 0.15) is 42.9 Å². The van der Waals surface area contributed by atoms with E-state index in [9.17, 15) is 19.1 Å². The largest absolute Gasteiger partial charge is 0.497 e. The zero-order chi connectivity index (χ0) is 22.4. The number of hydrogen-bond donors (Lipinski definition) is 2. The number of nitrogens with zero attached hydrogens (tertiary/aromatic N) is 1. The number of rotatable bonds is 9. The molecule has 0 bridgehead atoms. The molecule has 6 nitrogen and oxygen atoms in total. The topological polar surface area (TPSA) is 78.9 Å². The van der Waals surface area contributed by atoms with E-state index in [1.54, 1.807) is 19.2 Å². The number of benzene rings is 2. The third-order valence-electron chi connectivity index (χ3n) is 5.89. The van der Waals surface area contributed by atoms with E-state index >= 15 is 0 Å². The van der Waals surface area contributed by atoms with Gasteiger partial charge in [0.15, 0.2) is 0 Å². The average Bonchev–Trinajstić information content (AvgIpc) is 3.14. The van der Waals surface area contributed by atoms with E-state index in [2.05, 4.69) is 5.32 Å². The Morgan fingerprint density at radius 3 is 2.68 bits per heavy atom. The first kappa shape index (κ1) is 22.7. The van der Waals surface area contributed by atoms with Gasteiger partial charge in [0.05, 0.1) is 19.8 Å². The summed E-state index contributed by atoms with van der Waals surface area (Å²) < 4.78 is 19.6.